The van der Waals surface area contributed by atoms with Crippen molar-refractivity contribution in [2.24, 2.45) is 0 Å². The highest BCUT2D eigenvalue weighted by atomic mass is 19.1. The molecule has 120 valence electrons. The van der Waals surface area contributed by atoms with Crippen LogP contribution in [0.2, 0.25) is 0 Å². The van der Waals surface area contributed by atoms with Crippen molar-refractivity contribution in [2.45, 2.75) is 13.8 Å². The molecule has 6 heteroatoms. The first-order valence-corrected chi connectivity index (χ1v) is 7.38. The van der Waals surface area contributed by atoms with Gasteiger partial charge < -0.3 is 10.2 Å². The van der Waals surface area contributed by atoms with Crippen molar-refractivity contribution in [3.8, 4) is 0 Å². The lowest BCUT2D eigenvalue weighted by atomic mass is 10.2. The van der Waals surface area contributed by atoms with Crippen LogP contribution in [-0.2, 0) is 0 Å². The van der Waals surface area contributed by atoms with Crippen molar-refractivity contribution in [3.63, 3.8) is 0 Å². The highest BCUT2D eigenvalue weighted by molar-refractivity contribution is 6.03. The summed E-state index contributed by atoms with van der Waals surface area (Å²) in [6.45, 7) is 4.89. The zero-order valence-corrected chi connectivity index (χ0v) is 13.0. The lowest BCUT2D eigenvalue weighted by Gasteiger charge is -2.18. The maximum Gasteiger partial charge on any atom is 0.274 e. The molecule has 0 bridgehead atoms. The van der Waals surface area contributed by atoms with Gasteiger partial charge in [0, 0.05) is 18.8 Å². The fourth-order valence-corrected chi connectivity index (χ4v) is 2.11. The smallest absolute Gasteiger partial charge is 0.274 e. The van der Waals surface area contributed by atoms with Crippen LogP contribution in [0.5, 0.6) is 0 Å². The van der Waals surface area contributed by atoms with Crippen LogP contribution >= 0.6 is 0 Å². The summed E-state index contributed by atoms with van der Waals surface area (Å²) in [5.41, 5.74) is 0.644. The number of aromatic nitrogens is 1. The fraction of sp³-hybridized carbons (Fsp3) is 0.235. The Kier molecular flexibility index (Phi) is 5.41. The molecule has 2 rings (SSSR count). The van der Waals surface area contributed by atoms with E-state index in [0.717, 1.165) is 0 Å². The number of hydrogen-bond donors (Lipinski definition) is 1. The van der Waals surface area contributed by atoms with Crippen LogP contribution in [0.4, 0.5) is 10.1 Å². The third kappa shape index (κ3) is 4.12. The largest absolute Gasteiger partial charge is 0.338 e. The van der Waals surface area contributed by atoms with Crippen molar-refractivity contribution in [2.75, 3.05) is 18.4 Å². The Morgan fingerprint density at radius 3 is 2.39 bits per heavy atom. The molecule has 2 aromatic rings. The summed E-state index contributed by atoms with van der Waals surface area (Å²) in [7, 11) is 0. The van der Waals surface area contributed by atoms with Crippen LogP contribution in [0.25, 0.3) is 0 Å². The van der Waals surface area contributed by atoms with E-state index in [4.69, 9.17) is 0 Å². The van der Waals surface area contributed by atoms with Crippen molar-refractivity contribution < 1.29 is 14.0 Å². The number of pyridine rings is 1. The molecule has 0 spiro atoms. The Morgan fingerprint density at radius 1 is 1.09 bits per heavy atom. The van der Waals surface area contributed by atoms with Crippen LogP contribution in [0, 0.1) is 5.82 Å². The number of amides is 2. The van der Waals surface area contributed by atoms with E-state index in [2.05, 4.69) is 10.3 Å². The molecule has 5 nitrogen and oxygen atoms in total. The highest BCUT2D eigenvalue weighted by Crippen LogP contribution is 2.11. The molecule has 1 aromatic heterocycles. The van der Waals surface area contributed by atoms with Gasteiger partial charge in [-0.15, -0.1) is 0 Å². The molecule has 0 fully saturated rings. The predicted molar refractivity (Wildman–Crippen MR) is 85.8 cm³/mol. The lowest BCUT2D eigenvalue weighted by molar-refractivity contribution is 0.0767. The molecule has 0 saturated heterocycles. The summed E-state index contributed by atoms with van der Waals surface area (Å²) in [6.07, 6.45) is 0. The molecule has 1 heterocycles. The molecule has 0 aliphatic carbocycles. The van der Waals surface area contributed by atoms with Crippen LogP contribution in [0.15, 0.2) is 42.5 Å². The molecule has 0 radical (unpaired) electrons. The first kappa shape index (κ1) is 16.6. The normalized spacial score (nSPS) is 10.2. The Morgan fingerprint density at radius 2 is 1.74 bits per heavy atom. The van der Waals surface area contributed by atoms with Gasteiger partial charge in [-0.05, 0) is 44.2 Å². The minimum Gasteiger partial charge on any atom is -0.338 e. The standard InChI is InChI=1S/C17H18FN3O2/c1-3-21(4-2)17(23)15-10-6-9-14(20-15)16(22)19-13-8-5-7-12(18)11-13/h5-11H,3-4H2,1-2H3,(H,19,22). The Labute approximate surface area is 134 Å². The van der Waals surface area contributed by atoms with E-state index in [9.17, 15) is 14.0 Å². The van der Waals surface area contributed by atoms with Gasteiger partial charge >= 0.3 is 0 Å². The second-order valence-corrected chi connectivity index (χ2v) is 4.85. The Bertz CT molecular complexity index is 714. The molecule has 2 amide bonds. The van der Waals surface area contributed by atoms with Gasteiger partial charge in [-0.25, -0.2) is 9.37 Å². The quantitative estimate of drug-likeness (QED) is 0.922. The fourth-order valence-electron chi connectivity index (χ4n) is 2.11. The summed E-state index contributed by atoms with van der Waals surface area (Å²) in [6, 6.07) is 10.3. The van der Waals surface area contributed by atoms with E-state index in [1.54, 1.807) is 23.1 Å². The van der Waals surface area contributed by atoms with Crippen LogP contribution in [0.1, 0.15) is 34.8 Å². The minimum absolute atomic E-state index is 0.104. The van der Waals surface area contributed by atoms with E-state index < -0.39 is 11.7 Å². The maximum atomic E-state index is 13.1. The zero-order chi connectivity index (χ0) is 16.8. The van der Waals surface area contributed by atoms with E-state index >= 15 is 0 Å². The summed E-state index contributed by atoms with van der Waals surface area (Å²) in [5, 5.41) is 2.56. The van der Waals surface area contributed by atoms with Crippen molar-refractivity contribution in [1.82, 2.24) is 9.88 Å². The molecular weight excluding hydrogens is 297 g/mol. The van der Waals surface area contributed by atoms with Crippen molar-refractivity contribution in [1.29, 1.82) is 0 Å². The molecule has 0 saturated carbocycles. The summed E-state index contributed by atoms with van der Waals surface area (Å²) in [4.78, 5) is 30.2. The second kappa shape index (κ2) is 7.49. The van der Waals surface area contributed by atoms with Gasteiger partial charge in [0.15, 0.2) is 0 Å². The molecule has 1 N–H and O–H groups in total. The summed E-state index contributed by atoms with van der Waals surface area (Å²) >= 11 is 0. The molecule has 1 aromatic carbocycles. The second-order valence-electron chi connectivity index (χ2n) is 4.85. The van der Waals surface area contributed by atoms with Gasteiger partial charge in [-0.2, -0.15) is 0 Å². The number of benzene rings is 1. The first-order chi connectivity index (χ1) is 11.0. The molecule has 0 aliphatic rings. The number of hydrogen-bond acceptors (Lipinski definition) is 3. The van der Waals surface area contributed by atoms with Crippen molar-refractivity contribution in [3.05, 3.63) is 59.7 Å². The molecule has 0 atom stereocenters. The van der Waals surface area contributed by atoms with Gasteiger partial charge in [-0.3, -0.25) is 9.59 Å². The number of nitrogens with zero attached hydrogens (tertiary/aromatic N) is 2. The zero-order valence-electron chi connectivity index (χ0n) is 13.0. The number of halogens is 1. The molecule has 23 heavy (non-hydrogen) atoms. The van der Waals surface area contributed by atoms with Gasteiger partial charge in [0.25, 0.3) is 11.8 Å². The number of carbonyl (C=O) groups is 2. The SMILES string of the molecule is CCN(CC)C(=O)c1cccc(C(=O)Nc2cccc(F)c2)n1. The van der Waals surface area contributed by atoms with E-state index in [1.807, 2.05) is 13.8 Å². The van der Waals surface area contributed by atoms with Gasteiger partial charge in [0.05, 0.1) is 0 Å². The topological polar surface area (TPSA) is 62.3 Å². The highest BCUT2D eigenvalue weighted by Gasteiger charge is 2.16. The average molecular weight is 315 g/mol. The van der Waals surface area contributed by atoms with E-state index in [0.29, 0.717) is 18.8 Å². The third-order valence-electron chi connectivity index (χ3n) is 3.33. The van der Waals surface area contributed by atoms with Crippen LogP contribution < -0.4 is 5.32 Å². The van der Waals surface area contributed by atoms with Gasteiger partial charge in [0.2, 0.25) is 0 Å². The maximum absolute atomic E-state index is 13.1. The number of anilines is 1. The third-order valence-corrected chi connectivity index (χ3v) is 3.33. The monoisotopic (exact) mass is 315 g/mol. The first-order valence-electron chi connectivity index (χ1n) is 7.38. The number of rotatable bonds is 5. The Balaban J connectivity index is 2.19. The average Bonchev–Trinajstić information content (AvgIpc) is 2.56. The number of carbonyl (C=O) groups excluding carboxylic acids is 2. The minimum atomic E-state index is -0.496. The molecule has 0 unspecified atom stereocenters. The van der Waals surface area contributed by atoms with Crippen molar-refractivity contribution >= 4 is 17.5 Å². The Hall–Kier alpha value is -2.76. The lowest BCUT2D eigenvalue weighted by Crippen LogP contribution is -2.31. The number of nitrogens with one attached hydrogen (secondary N) is 1. The van der Waals surface area contributed by atoms with Crippen LogP contribution in [-0.4, -0.2) is 34.8 Å². The molecular formula is C17H18FN3O2. The predicted octanol–water partition coefficient (Wildman–Crippen LogP) is 2.96. The van der Waals surface area contributed by atoms with E-state index in [1.165, 1.54) is 24.3 Å². The summed E-state index contributed by atoms with van der Waals surface area (Å²) in [5.74, 6) is -1.17. The van der Waals surface area contributed by atoms with Gasteiger partial charge in [0.1, 0.15) is 17.2 Å². The van der Waals surface area contributed by atoms with Gasteiger partial charge in [-0.1, -0.05) is 12.1 Å². The van der Waals surface area contributed by atoms with E-state index in [-0.39, 0.29) is 17.3 Å². The van der Waals surface area contributed by atoms with Crippen LogP contribution in [0.3, 0.4) is 0 Å². The summed E-state index contributed by atoms with van der Waals surface area (Å²) < 4.78 is 13.1. The molecule has 0 aliphatic heterocycles.